The predicted molar refractivity (Wildman–Crippen MR) is 95.1 cm³/mol. The first kappa shape index (κ1) is 21.3. The van der Waals surface area contributed by atoms with Gasteiger partial charge < -0.3 is 20.1 Å². The Morgan fingerprint density at radius 1 is 1.24 bits per heavy atom. The maximum atomic E-state index is 12.2. The first-order valence-electron chi connectivity index (χ1n) is 9.49. The van der Waals surface area contributed by atoms with Crippen LogP contribution in [0.25, 0.3) is 0 Å². The van der Waals surface area contributed by atoms with E-state index in [1.165, 1.54) is 12.8 Å². The van der Waals surface area contributed by atoms with Crippen molar-refractivity contribution in [2.45, 2.75) is 44.1 Å². The molecule has 4 rings (SSSR count). The molecule has 1 aromatic heterocycles. The zero-order valence-electron chi connectivity index (χ0n) is 15.6. The second-order valence-corrected chi connectivity index (χ2v) is 7.43. The van der Waals surface area contributed by atoms with Crippen LogP contribution >= 0.6 is 0 Å². The highest BCUT2D eigenvalue weighted by Crippen LogP contribution is 2.34. The Hall–Kier alpha value is -2.43. The average Bonchev–Trinajstić information content (AvgIpc) is 3.42. The number of carbonyl (C=O) groups excluding carboxylic acids is 1. The van der Waals surface area contributed by atoms with Crippen molar-refractivity contribution in [2.75, 3.05) is 24.5 Å². The first-order chi connectivity index (χ1) is 13.7. The molecule has 1 aromatic rings. The number of rotatable bonds is 4. The van der Waals surface area contributed by atoms with Crippen molar-refractivity contribution in [3.63, 3.8) is 0 Å². The number of alkyl halides is 3. The van der Waals surface area contributed by atoms with Gasteiger partial charge in [-0.3, -0.25) is 4.79 Å². The Labute approximate surface area is 165 Å². The van der Waals surface area contributed by atoms with Crippen molar-refractivity contribution < 1.29 is 32.6 Å². The highest BCUT2D eigenvalue weighted by atomic mass is 19.4. The maximum Gasteiger partial charge on any atom is 0.490 e. The van der Waals surface area contributed by atoms with Crippen LogP contribution < -0.4 is 10.2 Å². The van der Waals surface area contributed by atoms with Crippen molar-refractivity contribution >= 4 is 17.8 Å². The molecule has 29 heavy (non-hydrogen) atoms. The largest absolute Gasteiger partial charge is 0.490 e. The molecule has 3 fully saturated rings. The Balaban J connectivity index is 0.000000298. The number of carboxylic acids is 1. The van der Waals surface area contributed by atoms with Gasteiger partial charge in [-0.2, -0.15) is 13.2 Å². The zero-order chi connectivity index (χ0) is 21.0. The van der Waals surface area contributed by atoms with Gasteiger partial charge >= 0.3 is 12.1 Å². The fourth-order valence-corrected chi connectivity index (χ4v) is 3.42. The summed E-state index contributed by atoms with van der Waals surface area (Å²) in [6.45, 7) is 2.53. The Morgan fingerprint density at radius 2 is 1.90 bits per heavy atom. The number of halogens is 3. The second-order valence-electron chi connectivity index (χ2n) is 7.43. The molecule has 2 N–H and O–H groups in total. The van der Waals surface area contributed by atoms with E-state index in [9.17, 15) is 18.0 Å². The number of aromatic nitrogens is 2. The summed E-state index contributed by atoms with van der Waals surface area (Å²) in [6, 6.07) is 1.82. The van der Waals surface area contributed by atoms with E-state index in [1.54, 1.807) is 12.4 Å². The lowest BCUT2D eigenvalue weighted by atomic mass is 9.92. The molecule has 1 saturated carbocycles. The number of amides is 1. The number of ether oxygens (including phenoxy) is 1. The molecule has 2 aliphatic heterocycles. The molecular formula is C18H23F3N4O4. The number of carboxylic acid groups (broad SMARTS) is 1. The molecule has 2 saturated heterocycles. The third-order valence-corrected chi connectivity index (χ3v) is 5.18. The summed E-state index contributed by atoms with van der Waals surface area (Å²) in [5.41, 5.74) is 0. The summed E-state index contributed by atoms with van der Waals surface area (Å²) in [5, 5.41) is 10.2. The van der Waals surface area contributed by atoms with Gasteiger partial charge in [0.25, 0.3) is 0 Å². The van der Waals surface area contributed by atoms with E-state index in [2.05, 4.69) is 20.2 Å². The third kappa shape index (κ3) is 6.02. The number of piperidine rings is 1. The lowest BCUT2D eigenvalue weighted by Gasteiger charge is -2.33. The standard InChI is InChI=1S/C16H22N4O2.C2HF3O2/c21-15(19-9-11-2-3-11)13-8-12-4-7-20(10-14(12)22-13)16-17-5-1-6-18-16;3-2(4,5)1(6)7/h1,5-6,11-14H,2-4,7-10H2,(H,19,21);(H,6,7)/t12-,13+,14-;/m0./s1. The van der Waals surface area contributed by atoms with Crippen LogP contribution in [-0.2, 0) is 14.3 Å². The lowest BCUT2D eigenvalue weighted by molar-refractivity contribution is -0.192. The van der Waals surface area contributed by atoms with E-state index in [0.29, 0.717) is 11.8 Å². The molecule has 8 nitrogen and oxygen atoms in total. The molecule has 0 aromatic carbocycles. The lowest BCUT2D eigenvalue weighted by Crippen LogP contribution is -2.43. The zero-order valence-corrected chi connectivity index (χ0v) is 15.6. The van der Waals surface area contributed by atoms with Crippen LogP contribution in [-0.4, -0.2) is 65.0 Å². The smallest absolute Gasteiger partial charge is 0.475 e. The van der Waals surface area contributed by atoms with E-state index in [1.807, 2.05) is 6.07 Å². The monoisotopic (exact) mass is 416 g/mol. The van der Waals surface area contributed by atoms with E-state index < -0.39 is 12.1 Å². The normalized spacial score (nSPS) is 26.2. The SMILES string of the molecule is O=C(NCC1CC1)[C@H]1C[C@@H]2CCN(c3ncccn3)C[C@@H]2O1.O=C(O)C(F)(F)F. The molecule has 0 spiro atoms. The van der Waals surface area contributed by atoms with Gasteiger partial charge in [0.2, 0.25) is 11.9 Å². The number of nitrogens with one attached hydrogen (secondary N) is 1. The summed E-state index contributed by atoms with van der Waals surface area (Å²) in [7, 11) is 0. The molecule has 1 aliphatic carbocycles. The van der Waals surface area contributed by atoms with Crippen molar-refractivity contribution in [3.05, 3.63) is 18.5 Å². The predicted octanol–water partition coefficient (Wildman–Crippen LogP) is 1.62. The van der Waals surface area contributed by atoms with E-state index in [-0.39, 0.29) is 18.1 Å². The van der Waals surface area contributed by atoms with Crippen LogP contribution in [0.4, 0.5) is 19.1 Å². The summed E-state index contributed by atoms with van der Waals surface area (Å²) < 4.78 is 37.8. The van der Waals surface area contributed by atoms with E-state index >= 15 is 0 Å². The van der Waals surface area contributed by atoms with Crippen LogP contribution in [0.15, 0.2) is 18.5 Å². The number of nitrogens with zero attached hydrogens (tertiary/aromatic N) is 3. The van der Waals surface area contributed by atoms with Gasteiger partial charge in [0.05, 0.1) is 6.10 Å². The summed E-state index contributed by atoms with van der Waals surface area (Å²) >= 11 is 0. The van der Waals surface area contributed by atoms with Gasteiger partial charge in [-0.25, -0.2) is 14.8 Å². The number of hydrogen-bond acceptors (Lipinski definition) is 6. The van der Waals surface area contributed by atoms with Gasteiger partial charge in [-0.05, 0) is 43.6 Å². The highest BCUT2D eigenvalue weighted by molar-refractivity contribution is 5.81. The molecule has 3 heterocycles. The molecular weight excluding hydrogens is 393 g/mol. The number of hydrogen-bond donors (Lipinski definition) is 2. The molecule has 160 valence electrons. The summed E-state index contributed by atoms with van der Waals surface area (Å²) in [4.78, 5) is 31.9. The number of fused-ring (bicyclic) bond motifs is 1. The van der Waals surface area contributed by atoms with Crippen LogP contribution in [0, 0.1) is 11.8 Å². The summed E-state index contributed by atoms with van der Waals surface area (Å²) in [5.74, 6) is -0.738. The molecule has 1 amide bonds. The van der Waals surface area contributed by atoms with Crippen molar-refractivity contribution in [1.29, 1.82) is 0 Å². The van der Waals surface area contributed by atoms with E-state index in [4.69, 9.17) is 14.6 Å². The average molecular weight is 416 g/mol. The van der Waals surface area contributed by atoms with Gasteiger partial charge in [0, 0.05) is 32.0 Å². The van der Waals surface area contributed by atoms with Crippen molar-refractivity contribution in [2.24, 2.45) is 11.8 Å². The minimum atomic E-state index is -5.08. The first-order valence-corrected chi connectivity index (χ1v) is 9.49. The van der Waals surface area contributed by atoms with Gasteiger partial charge in [0.15, 0.2) is 0 Å². The van der Waals surface area contributed by atoms with Crippen LogP contribution in [0.5, 0.6) is 0 Å². The van der Waals surface area contributed by atoms with Crippen molar-refractivity contribution in [1.82, 2.24) is 15.3 Å². The van der Waals surface area contributed by atoms with Crippen LogP contribution in [0.1, 0.15) is 25.7 Å². The highest BCUT2D eigenvalue weighted by Gasteiger charge is 2.42. The Kier molecular flexibility index (Phi) is 6.56. The topological polar surface area (TPSA) is 105 Å². The fraction of sp³-hybridized carbons (Fsp3) is 0.667. The number of anilines is 1. The molecule has 3 atom stereocenters. The van der Waals surface area contributed by atoms with E-state index in [0.717, 1.165) is 38.4 Å². The Bertz CT molecular complexity index is 715. The van der Waals surface area contributed by atoms with Gasteiger partial charge in [-0.1, -0.05) is 0 Å². The van der Waals surface area contributed by atoms with Gasteiger partial charge in [-0.15, -0.1) is 0 Å². The molecule has 3 aliphatic rings. The third-order valence-electron chi connectivity index (χ3n) is 5.18. The van der Waals surface area contributed by atoms with Crippen molar-refractivity contribution in [3.8, 4) is 0 Å². The number of carbonyl (C=O) groups is 2. The second kappa shape index (κ2) is 8.93. The van der Waals surface area contributed by atoms with Gasteiger partial charge in [0.1, 0.15) is 6.10 Å². The molecule has 0 unspecified atom stereocenters. The fourth-order valence-electron chi connectivity index (χ4n) is 3.42. The summed E-state index contributed by atoms with van der Waals surface area (Å²) in [6.07, 6.45) is 2.68. The molecule has 0 radical (unpaired) electrons. The molecule has 0 bridgehead atoms. The minimum Gasteiger partial charge on any atom is -0.475 e. The van der Waals surface area contributed by atoms with Crippen LogP contribution in [0.2, 0.25) is 0 Å². The minimum absolute atomic E-state index is 0.0730. The maximum absolute atomic E-state index is 12.2. The number of aliphatic carboxylic acids is 1. The Morgan fingerprint density at radius 3 is 2.48 bits per heavy atom. The van der Waals surface area contributed by atoms with Crippen LogP contribution in [0.3, 0.4) is 0 Å². The quantitative estimate of drug-likeness (QED) is 0.769. The molecule has 11 heteroatoms.